The summed E-state index contributed by atoms with van der Waals surface area (Å²) in [6.45, 7) is 8.67. The Labute approximate surface area is 250 Å². The van der Waals surface area contributed by atoms with Crippen molar-refractivity contribution in [2.45, 2.75) is 81.4 Å². The number of anilines is 1. The smallest absolute Gasteiger partial charge is 0.241 e. The maximum atomic E-state index is 12.7. The fourth-order valence-corrected chi connectivity index (χ4v) is 6.25. The largest absolute Gasteiger partial charge is 0.475 e. The number of carbonyl (C=O) groups is 1. The molecule has 0 saturated heterocycles. The molecule has 2 aliphatic heterocycles. The molecule has 220 valence electrons. The number of allylic oxidation sites excluding steroid dienone is 1. The normalized spacial score (nSPS) is 21.1. The zero-order valence-electron chi connectivity index (χ0n) is 24.4. The Morgan fingerprint density at radius 2 is 2.00 bits per heavy atom. The molecule has 1 fully saturated rings. The van der Waals surface area contributed by atoms with E-state index in [1.54, 1.807) is 11.8 Å². The number of aromatic nitrogens is 2. The van der Waals surface area contributed by atoms with Crippen LogP contribution in [0, 0.1) is 5.92 Å². The molecular weight excluding hydrogens is 550 g/mol. The first-order chi connectivity index (χ1) is 20.0. The Morgan fingerprint density at radius 3 is 2.69 bits per heavy atom. The molecule has 4 N–H and O–H groups in total. The molecule has 42 heavy (non-hydrogen) atoms. The van der Waals surface area contributed by atoms with Gasteiger partial charge in [0.25, 0.3) is 0 Å². The highest BCUT2D eigenvalue weighted by Crippen LogP contribution is 2.47. The van der Waals surface area contributed by atoms with Gasteiger partial charge in [0, 0.05) is 29.2 Å². The van der Waals surface area contributed by atoms with Gasteiger partial charge in [-0.15, -0.1) is 0 Å². The van der Waals surface area contributed by atoms with E-state index in [4.69, 9.17) is 25.0 Å². The molecule has 9 nitrogen and oxygen atoms in total. The third kappa shape index (κ3) is 6.16. The fourth-order valence-electron chi connectivity index (χ4n) is 4.99. The SMILES string of the molecule is CC1c2ccc(OCC3(O)CC3)nc2SC2=NC(c3ccc(NC(=O)C(N)CCc4cc(C(C)(C)C)on4)cc3)=CC21. The molecule has 3 atom stereocenters. The quantitative estimate of drug-likeness (QED) is 0.301. The molecule has 1 saturated carbocycles. The summed E-state index contributed by atoms with van der Waals surface area (Å²) in [6.07, 6.45) is 4.80. The summed E-state index contributed by atoms with van der Waals surface area (Å²) >= 11 is 1.58. The summed E-state index contributed by atoms with van der Waals surface area (Å²) < 4.78 is 11.2. The zero-order valence-corrected chi connectivity index (χ0v) is 25.2. The van der Waals surface area contributed by atoms with Gasteiger partial charge in [0.05, 0.1) is 28.1 Å². The number of aliphatic hydroxyl groups is 1. The maximum absolute atomic E-state index is 12.7. The third-order valence-electron chi connectivity index (χ3n) is 8.06. The third-order valence-corrected chi connectivity index (χ3v) is 9.15. The number of aliphatic imine (C=N–C) groups is 1. The van der Waals surface area contributed by atoms with Gasteiger partial charge < -0.3 is 25.4 Å². The number of nitrogens with one attached hydrogen (secondary N) is 1. The van der Waals surface area contributed by atoms with Crippen molar-refractivity contribution < 1.29 is 19.2 Å². The number of nitrogens with two attached hydrogens (primary N) is 1. The minimum atomic E-state index is -0.684. The number of pyridine rings is 1. The van der Waals surface area contributed by atoms with Crippen molar-refractivity contribution in [1.82, 2.24) is 10.1 Å². The summed E-state index contributed by atoms with van der Waals surface area (Å²) in [4.78, 5) is 22.4. The lowest BCUT2D eigenvalue weighted by Crippen LogP contribution is -2.36. The lowest BCUT2D eigenvalue weighted by Gasteiger charge is -2.27. The standard InChI is InChI=1S/C32H37N5O4S/c1-18-22-10-12-27(40-17-32(39)13-14-32)36-29(22)42-30-23(18)16-25(35-30)19-5-7-20(8-6-19)34-28(38)24(33)11-9-21-15-26(41-37-21)31(2,3)4/h5-8,10,12,15-16,18,23-24,39H,9,11,13-14,17,33H2,1-4H3,(H,34,38). The van der Waals surface area contributed by atoms with Crippen molar-refractivity contribution in [2.75, 3.05) is 11.9 Å². The van der Waals surface area contributed by atoms with Crippen LogP contribution in [0.4, 0.5) is 5.69 Å². The van der Waals surface area contributed by atoms with E-state index in [-0.39, 0.29) is 29.8 Å². The van der Waals surface area contributed by atoms with E-state index in [1.165, 1.54) is 5.56 Å². The van der Waals surface area contributed by atoms with Gasteiger partial charge >= 0.3 is 0 Å². The van der Waals surface area contributed by atoms with E-state index in [0.717, 1.165) is 45.6 Å². The number of rotatable bonds is 9. The van der Waals surface area contributed by atoms with Crippen LogP contribution in [0.2, 0.25) is 0 Å². The predicted octanol–water partition coefficient (Wildman–Crippen LogP) is 5.45. The average Bonchev–Trinajstić information content (AvgIpc) is 3.32. The lowest BCUT2D eigenvalue weighted by atomic mass is 9.88. The van der Waals surface area contributed by atoms with Gasteiger partial charge in [-0.1, -0.05) is 62.8 Å². The number of fused-ring (bicyclic) bond motifs is 2. The Kier molecular flexibility index (Phi) is 7.49. The van der Waals surface area contributed by atoms with Crippen LogP contribution in [-0.2, 0) is 16.6 Å². The van der Waals surface area contributed by atoms with Gasteiger partial charge in [-0.3, -0.25) is 4.79 Å². The number of hydrogen-bond acceptors (Lipinski definition) is 9. The Morgan fingerprint density at radius 1 is 1.24 bits per heavy atom. The molecule has 10 heteroatoms. The summed E-state index contributed by atoms with van der Waals surface area (Å²) in [5.74, 6) is 1.52. The van der Waals surface area contributed by atoms with Gasteiger partial charge in [-0.2, -0.15) is 0 Å². The van der Waals surface area contributed by atoms with Crippen LogP contribution in [0.1, 0.15) is 75.5 Å². The minimum absolute atomic E-state index is 0.116. The topological polar surface area (TPSA) is 136 Å². The lowest BCUT2D eigenvalue weighted by molar-refractivity contribution is -0.117. The first kappa shape index (κ1) is 28.6. The zero-order chi connectivity index (χ0) is 29.6. The molecule has 3 aliphatic rings. The van der Waals surface area contributed by atoms with E-state index in [0.29, 0.717) is 24.4 Å². The Hall–Kier alpha value is -3.47. The van der Waals surface area contributed by atoms with Crippen LogP contribution in [-0.4, -0.2) is 44.4 Å². The number of hydrogen-bond donors (Lipinski definition) is 3. The number of thioether (sulfide) groups is 1. The van der Waals surface area contributed by atoms with Crippen molar-refractivity contribution >= 4 is 34.1 Å². The molecule has 3 unspecified atom stereocenters. The van der Waals surface area contributed by atoms with Crippen LogP contribution < -0.4 is 15.8 Å². The summed E-state index contributed by atoms with van der Waals surface area (Å²) in [6, 6.07) is 12.9. The van der Waals surface area contributed by atoms with E-state index in [9.17, 15) is 9.90 Å². The van der Waals surface area contributed by atoms with Crippen LogP contribution >= 0.6 is 11.8 Å². The summed E-state index contributed by atoms with van der Waals surface area (Å²) in [5, 5.41) is 19.0. The van der Waals surface area contributed by atoms with Crippen molar-refractivity contribution in [2.24, 2.45) is 16.6 Å². The molecule has 0 radical (unpaired) electrons. The first-order valence-electron chi connectivity index (χ1n) is 14.4. The van der Waals surface area contributed by atoms with Crippen LogP contribution in [0.25, 0.3) is 5.70 Å². The first-order valence-corrected chi connectivity index (χ1v) is 15.3. The van der Waals surface area contributed by atoms with Crippen molar-refractivity contribution in [3.63, 3.8) is 0 Å². The fraction of sp³-hybridized carbons (Fsp3) is 0.438. The molecule has 6 rings (SSSR count). The minimum Gasteiger partial charge on any atom is -0.475 e. The second-order valence-corrected chi connectivity index (χ2v) is 13.6. The molecular formula is C32H37N5O4S. The summed E-state index contributed by atoms with van der Waals surface area (Å²) in [7, 11) is 0. The van der Waals surface area contributed by atoms with Crippen LogP contribution in [0.15, 0.2) is 63.1 Å². The monoisotopic (exact) mass is 587 g/mol. The highest BCUT2D eigenvalue weighted by molar-refractivity contribution is 8.14. The second-order valence-electron chi connectivity index (χ2n) is 12.6. The van der Waals surface area contributed by atoms with Crippen molar-refractivity contribution in [3.05, 3.63) is 71.1 Å². The number of benzene rings is 1. The Bertz CT molecular complexity index is 1550. The van der Waals surface area contributed by atoms with Crippen LogP contribution in [0.5, 0.6) is 5.88 Å². The van der Waals surface area contributed by atoms with E-state index >= 15 is 0 Å². The van der Waals surface area contributed by atoms with Crippen molar-refractivity contribution in [3.8, 4) is 5.88 Å². The van der Waals surface area contributed by atoms with Gasteiger partial charge in [-0.05, 0) is 60.9 Å². The molecule has 1 amide bonds. The molecule has 0 spiro atoms. The number of aryl methyl sites for hydroxylation is 1. The number of carbonyl (C=O) groups excluding carboxylic acids is 1. The molecule has 4 heterocycles. The predicted molar refractivity (Wildman–Crippen MR) is 164 cm³/mol. The molecule has 3 aromatic rings. The van der Waals surface area contributed by atoms with Crippen molar-refractivity contribution in [1.29, 1.82) is 0 Å². The molecule has 2 aromatic heterocycles. The molecule has 1 aliphatic carbocycles. The molecule has 0 bridgehead atoms. The van der Waals surface area contributed by atoms with E-state index < -0.39 is 11.6 Å². The maximum Gasteiger partial charge on any atom is 0.241 e. The Balaban J connectivity index is 1.05. The highest BCUT2D eigenvalue weighted by Gasteiger charge is 2.41. The van der Waals surface area contributed by atoms with Gasteiger partial charge in [0.15, 0.2) is 0 Å². The van der Waals surface area contributed by atoms with Gasteiger partial charge in [0.2, 0.25) is 11.8 Å². The number of nitrogens with zero attached hydrogens (tertiary/aromatic N) is 3. The summed E-state index contributed by atoms with van der Waals surface area (Å²) in [5.41, 5.74) is 9.92. The average molecular weight is 588 g/mol. The second kappa shape index (κ2) is 11.0. The highest BCUT2D eigenvalue weighted by atomic mass is 32.2. The van der Waals surface area contributed by atoms with E-state index in [2.05, 4.69) is 50.3 Å². The number of amides is 1. The van der Waals surface area contributed by atoms with Gasteiger partial charge in [0.1, 0.15) is 17.4 Å². The van der Waals surface area contributed by atoms with E-state index in [1.807, 2.05) is 36.4 Å². The van der Waals surface area contributed by atoms with Crippen LogP contribution in [0.3, 0.4) is 0 Å². The molecule has 1 aromatic carbocycles. The van der Waals surface area contributed by atoms with Gasteiger partial charge in [-0.25, -0.2) is 9.98 Å². The number of ether oxygens (including phenoxy) is 1.